The molecule has 4 heteroatoms. The van der Waals surface area contributed by atoms with Crippen LogP contribution in [0.5, 0.6) is 0 Å². The first-order valence-electron chi connectivity index (χ1n) is 6.67. The zero-order chi connectivity index (χ0) is 15.2. The topological polar surface area (TPSA) is 56.1 Å². The summed E-state index contributed by atoms with van der Waals surface area (Å²) in [6, 6.07) is 16.8. The first-order chi connectivity index (χ1) is 10.1. The Hall–Kier alpha value is -2.80. The van der Waals surface area contributed by atoms with Crippen LogP contribution in [-0.2, 0) is 4.79 Å². The van der Waals surface area contributed by atoms with Gasteiger partial charge in [0.05, 0.1) is 18.2 Å². The van der Waals surface area contributed by atoms with Crippen molar-refractivity contribution in [1.82, 2.24) is 0 Å². The number of aryl methyl sites for hydroxylation is 1. The summed E-state index contributed by atoms with van der Waals surface area (Å²) in [5, 5.41) is 11.6. The molecule has 1 N–H and O–H groups in total. The van der Waals surface area contributed by atoms with Gasteiger partial charge in [-0.25, -0.2) is 0 Å². The molecule has 0 unspecified atom stereocenters. The minimum Gasteiger partial charge on any atom is -0.365 e. The van der Waals surface area contributed by atoms with Gasteiger partial charge in [0.2, 0.25) is 5.91 Å². The van der Waals surface area contributed by atoms with E-state index >= 15 is 0 Å². The second-order valence-corrected chi connectivity index (χ2v) is 4.88. The van der Waals surface area contributed by atoms with Gasteiger partial charge in [-0.1, -0.05) is 18.2 Å². The minimum atomic E-state index is -0.0922. The van der Waals surface area contributed by atoms with Crippen molar-refractivity contribution in [3.05, 3.63) is 59.7 Å². The standard InChI is InChI=1S/C17H17N3O/c1-13-5-3-4-6-16(13)20(2)12-17(21)19-15-9-7-14(11-18)8-10-15/h3-10H,12H2,1-2H3,(H,19,21). The number of hydrogen-bond donors (Lipinski definition) is 1. The quantitative estimate of drug-likeness (QED) is 0.936. The van der Waals surface area contributed by atoms with Crippen molar-refractivity contribution >= 4 is 17.3 Å². The maximum atomic E-state index is 12.0. The summed E-state index contributed by atoms with van der Waals surface area (Å²) in [6.07, 6.45) is 0. The van der Waals surface area contributed by atoms with Crippen LogP contribution in [0.2, 0.25) is 0 Å². The molecule has 0 heterocycles. The lowest BCUT2D eigenvalue weighted by molar-refractivity contribution is -0.114. The fraction of sp³-hybridized carbons (Fsp3) is 0.176. The van der Waals surface area contributed by atoms with Crippen LogP contribution in [0.25, 0.3) is 0 Å². The summed E-state index contributed by atoms with van der Waals surface area (Å²) in [5.41, 5.74) is 3.43. The number of rotatable bonds is 4. The maximum Gasteiger partial charge on any atom is 0.243 e. The van der Waals surface area contributed by atoms with Crippen molar-refractivity contribution in [1.29, 1.82) is 5.26 Å². The van der Waals surface area contributed by atoms with Gasteiger partial charge in [-0.3, -0.25) is 4.79 Å². The number of nitrogens with one attached hydrogen (secondary N) is 1. The summed E-state index contributed by atoms with van der Waals surface area (Å²) < 4.78 is 0. The van der Waals surface area contributed by atoms with Crippen molar-refractivity contribution < 1.29 is 4.79 Å². The Morgan fingerprint density at radius 3 is 2.48 bits per heavy atom. The lowest BCUT2D eigenvalue weighted by atomic mass is 10.2. The molecular formula is C17H17N3O. The zero-order valence-electron chi connectivity index (χ0n) is 12.1. The van der Waals surface area contributed by atoms with E-state index < -0.39 is 0 Å². The predicted octanol–water partition coefficient (Wildman–Crippen LogP) is 2.94. The Balaban J connectivity index is 1.98. The number of likely N-dealkylation sites (N-methyl/N-ethyl adjacent to an activating group) is 1. The number of amides is 1. The molecule has 0 fully saturated rings. The molecule has 0 aromatic heterocycles. The smallest absolute Gasteiger partial charge is 0.243 e. The molecular weight excluding hydrogens is 262 g/mol. The zero-order valence-corrected chi connectivity index (χ0v) is 12.1. The number of hydrogen-bond acceptors (Lipinski definition) is 3. The molecule has 0 saturated heterocycles. The number of anilines is 2. The Bertz CT molecular complexity index is 671. The van der Waals surface area contributed by atoms with Crippen LogP contribution in [0.3, 0.4) is 0 Å². The third kappa shape index (κ3) is 3.83. The third-order valence-corrected chi connectivity index (χ3v) is 3.21. The molecule has 0 radical (unpaired) electrons. The summed E-state index contributed by atoms with van der Waals surface area (Å²) in [7, 11) is 1.89. The van der Waals surface area contributed by atoms with E-state index in [0.717, 1.165) is 11.3 Å². The fourth-order valence-electron chi connectivity index (χ4n) is 2.12. The molecule has 0 atom stereocenters. The highest BCUT2D eigenvalue weighted by atomic mass is 16.2. The molecule has 0 spiro atoms. The highest BCUT2D eigenvalue weighted by Crippen LogP contribution is 2.17. The van der Waals surface area contributed by atoms with Gasteiger partial charge in [-0.2, -0.15) is 5.26 Å². The van der Waals surface area contributed by atoms with E-state index in [1.807, 2.05) is 49.2 Å². The van der Waals surface area contributed by atoms with Crippen molar-refractivity contribution in [3.8, 4) is 6.07 Å². The first-order valence-corrected chi connectivity index (χ1v) is 6.67. The van der Waals surface area contributed by atoms with Gasteiger partial charge < -0.3 is 10.2 Å². The lowest BCUT2D eigenvalue weighted by Crippen LogP contribution is -2.30. The van der Waals surface area contributed by atoms with Crippen LogP contribution in [0, 0.1) is 18.3 Å². The van der Waals surface area contributed by atoms with Crippen LogP contribution >= 0.6 is 0 Å². The van der Waals surface area contributed by atoms with E-state index in [0.29, 0.717) is 11.3 Å². The van der Waals surface area contributed by atoms with Crippen LogP contribution in [0.1, 0.15) is 11.1 Å². The second-order valence-electron chi connectivity index (χ2n) is 4.88. The first kappa shape index (κ1) is 14.6. The van der Waals surface area contributed by atoms with E-state index in [1.165, 1.54) is 0 Å². The van der Waals surface area contributed by atoms with Crippen LogP contribution in [0.4, 0.5) is 11.4 Å². The van der Waals surface area contributed by atoms with Gasteiger partial charge in [0.15, 0.2) is 0 Å². The van der Waals surface area contributed by atoms with E-state index in [9.17, 15) is 4.79 Å². The van der Waals surface area contributed by atoms with E-state index in [1.54, 1.807) is 24.3 Å². The number of nitriles is 1. The molecule has 0 bridgehead atoms. The largest absolute Gasteiger partial charge is 0.365 e. The van der Waals surface area contributed by atoms with E-state index in [-0.39, 0.29) is 12.5 Å². The van der Waals surface area contributed by atoms with Gasteiger partial charge in [0, 0.05) is 18.4 Å². The van der Waals surface area contributed by atoms with Crippen molar-refractivity contribution in [2.24, 2.45) is 0 Å². The summed E-state index contributed by atoms with van der Waals surface area (Å²) >= 11 is 0. The molecule has 1 amide bonds. The van der Waals surface area contributed by atoms with Gasteiger partial charge >= 0.3 is 0 Å². The van der Waals surface area contributed by atoms with Crippen molar-refractivity contribution in [3.63, 3.8) is 0 Å². The van der Waals surface area contributed by atoms with E-state index in [4.69, 9.17) is 5.26 Å². The van der Waals surface area contributed by atoms with Crippen molar-refractivity contribution in [2.75, 3.05) is 23.8 Å². The van der Waals surface area contributed by atoms with Crippen LogP contribution in [0.15, 0.2) is 48.5 Å². The number of nitrogens with zero attached hydrogens (tertiary/aromatic N) is 2. The van der Waals surface area contributed by atoms with Crippen LogP contribution < -0.4 is 10.2 Å². The number of para-hydroxylation sites is 1. The molecule has 21 heavy (non-hydrogen) atoms. The second kappa shape index (κ2) is 6.58. The molecule has 0 aliphatic heterocycles. The monoisotopic (exact) mass is 279 g/mol. The van der Waals surface area contributed by atoms with Gasteiger partial charge in [0.25, 0.3) is 0 Å². The fourth-order valence-corrected chi connectivity index (χ4v) is 2.12. The Morgan fingerprint density at radius 1 is 1.19 bits per heavy atom. The van der Waals surface area contributed by atoms with E-state index in [2.05, 4.69) is 5.32 Å². The maximum absolute atomic E-state index is 12.0. The van der Waals surface area contributed by atoms with Gasteiger partial charge in [-0.15, -0.1) is 0 Å². The number of carbonyl (C=O) groups is 1. The summed E-state index contributed by atoms with van der Waals surface area (Å²) in [6.45, 7) is 2.29. The van der Waals surface area contributed by atoms with Crippen molar-refractivity contribution in [2.45, 2.75) is 6.92 Å². The number of benzene rings is 2. The lowest BCUT2D eigenvalue weighted by Gasteiger charge is -2.20. The Labute approximate surface area is 124 Å². The number of carbonyl (C=O) groups excluding carboxylic acids is 1. The highest BCUT2D eigenvalue weighted by molar-refractivity contribution is 5.94. The van der Waals surface area contributed by atoms with Gasteiger partial charge in [0.1, 0.15) is 0 Å². The predicted molar refractivity (Wildman–Crippen MR) is 84.2 cm³/mol. The summed E-state index contributed by atoms with van der Waals surface area (Å²) in [4.78, 5) is 14.0. The van der Waals surface area contributed by atoms with Crippen LogP contribution in [-0.4, -0.2) is 19.5 Å². The van der Waals surface area contributed by atoms with Gasteiger partial charge in [-0.05, 0) is 42.8 Å². The molecule has 2 aromatic carbocycles. The molecule has 4 nitrogen and oxygen atoms in total. The molecule has 2 rings (SSSR count). The Morgan fingerprint density at radius 2 is 1.86 bits per heavy atom. The summed E-state index contributed by atoms with van der Waals surface area (Å²) in [5.74, 6) is -0.0922. The Kier molecular flexibility index (Phi) is 4.57. The minimum absolute atomic E-state index is 0.0922. The highest BCUT2D eigenvalue weighted by Gasteiger charge is 2.09. The molecule has 2 aromatic rings. The normalized spacial score (nSPS) is 9.76. The molecule has 0 aliphatic rings. The average Bonchev–Trinajstić information content (AvgIpc) is 2.48. The third-order valence-electron chi connectivity index (χ3n) is 3.21. The average molecular weight is 279 g/mol. The molecule has 0 aliphatic carbocycles. The SMILES string of the molecule is Cc1ccccc1N(C)CC(=O)Nc1ccc(C#N)cc1. The molecule has 0 saturated carbocycles. The molecule has 106 valence electrons.